The lowest BCUT2D eigenvalue weighted by Crippen LogP contribution is -2.56. The number of carbonyl (C=O) groups is 2. The van der Waals surface area contributed by atoms with E-state index >= 15 is 0 Å². The fraction of sp³-hybridized carbons (Fsp3) is 0.686. The van der Waals surface area contributed by atoms with Crippen LogP contribution in [-0.4, -0.2) is 123 Å². The molecular formula is C51H78BClN4O9S. The number of aryl methyl sites for hydroxylation is 1. The highest BCUT2D eigenvalue weighted by Crippen LogP contribution is 2.46. The first-order valence-electron chi connectivity index (χ1n) is 25.3. The maximum Gasteiger partial charge on any atom is 0.639 e. The minimum atomic E-state index is -3.93. The molecule has 67 heavy (non-hydrogen) atoms. The Morgan fingerprint density at radius 2 is 1.67 bits per heavy atom. The molecular weight excluding hydrogens is 891 g/mol. The standard InChI is InChI=1S/C32H37ClN2O5S.C12H27BO3.C7H14N2O/c1-20-5-3-7-29(36)26-11-8-24(26)17-35-18-32(14-4-6-22-15-25(33)10-12-27(22)32)19-40-30-13-9-23(16-28(30)35)31(37)34-41(38,39)21(20)2;1-4-7-10-14-13(15-11-8-5-2)16-12-9-6-3;1-2-9-3-4-10-6-7(9)5-8-1/h3,7,9-10,12-13,15-16,20-21,24,26H,4-6,8,11,14,17-19H2,1-2H3,(H,34,37);4-12H2,1-3H3;7-8H,1-6H2/b7-3+;;/t20-,21+,24-,26+,32-;;7-/m0.0/s1. The van der Waals surface area contributed by atoms with E-state index in [4.69, 9.17) is 35.0 Å². The number of hydrogen-bond acceptors (Lipinski definition) is 12. The normalized spacial score (nSPS) is 27.4. The number of sulfonamides is 1. The van der Waals surface area contributed by atoms with Crippen LogP contribution in [0.3, 0.4) is 0 Å². The van der Waals surface area contributed by atoms with Gasteiger partial charge >= 0.3 is 7.32 Å². The average Bonchev–Trinajstić information content (AvgIpc) is 3.46. The number of anilines is 1. The van der Waals surface area contributed by atoms with Gasteiger partial charge in [-0.15, -0.1) is 0 Å². The number of ketones is 1. The van der Waals surface area contributed by atoms with E-state index in [1.807, 2.05) is 13.0 Å². The molecule has 4 aliphatic heterocycles. The van der Waals surface area contributed by atoms with E-state index in [0.717, 1.165) is 134 Å². The summed E-state index contributed by atoms with van der Waals surface area (Å²) in [4.78, 5) is 31.3. The number of nitrogens with one attached hydrogen (secondary N) is 2. The van der Waals surface area contributed by atoms with E-state index < -0.39 is 28.5 Å². The maximum absolute atomic E-state index is 13.3. The monoisotopic (exact) mass is 969 g/mol. The number of morpholine rings is 1. The summed E-state index contributed by atoms with van der Waals surface area (Å²) in [5.41, 5.74) is 3.22. The van der Waals surface area contributed by atoms with Gasteiger partial charge in [0, 0.05) is 87.1 Å². The number of benzene rings is 2. The van der Waals surface area contributed by atoms with Crippen LogP contribution in [0.1, 0.15) is 127 Å². The predicted molar refractivity (Wildman–Crippen MR) is 268 cm³/mol. The smallest absolute Gasteiger partial charge is 0.490 e. The third-order valence-corrected chi connectivity index (χ3v) is 16.6. The number of nitrogens with zero attached hydrogens (tertiary/aromatic N) is 2. The van der Waals surface area contributed by atoms with Crippen molar-refractivity contribution in [3.63, 3.8) is 0 Å². The molecule has 2 saturated heterocycles. The Morgan fingerprint density at radius 3 is 2.34 bits per heavy atom. The molecule has 6 aliphatic rings. The van der Waals surface area contributed by atoms with Gasteiger partial charge in [0.25, 0.3) is 5.91 Å². The second-order valence-electron chi connectivity index (χ2n) is 19.4. The highest BCUT2D eigenvalue weighted by Gasteiger charge is 2.44. The van der Waals surface area contributed by atoms with E-state index in [2.05, 4.69) is 52.7 Å². The molecule has 1 amide bonds. The second kappa shape index (κ2) is 26.3. The number of unbranched alkanes of at least 4 members (excludes halogenated alkanes) is 3. The Bertz CT molecular complexity index is 2000. The van der Waals surface area contributed by atoms with Crippen molar-refractivity contribution < 1.29 is 41.4 Å². The summed E-state index contributed by atoms with van der Waals surface area (Å²) in [6, 6.07) is 11.9. The number of hydrogen-bond donors (Lipinski definition) is 2. The van der Waals surface area contributed by atoms with Crippen LogP contribution in [0.15, 0.2) is 48.6 Å². The maximum atomic E-state index is 13.3. The molecule has 0 unspecified atom stereocenters. The van der Waals surface area contributed by atoms with Gasteiger partial charge in [0.15, 0.2) is 5.78 Å². The van der Waals surface area contributed by atoms with Crippen molar-refractivity contribution in [2.24, 2.45) is 17.8 Å². The van der Waals surface area contributed by atoms with Crippen LogP contribution in [-0.2, 0) is 45.4 Å². The number of ether oxygens (including phenoxy) is 2. The fourth-order valence-corrected chi connectivity index (χ4v) is 11.3. The SMILES string of the molecule is C1CN2CCOC[C@@H]2CN1.CCCCOB(OCCCC)OCCCC.C[C@@H]1[C@@H](C)C/C=C/C(=O)[C@@H]2CC[C@H]2CN2C[C@@]3(CCCc4cc(Cl)ccc43)COc3ccc(cc32)C(=O)NS1(=O)=O. The lowest BCUT2D eigenvalue weighted by Gasteiger charge is -2.44. The topological polar surface area (TPSA) is 145 Å². The van der Waals surface area contributed by atoms with Crippen molar-refractivity contribution in [1.29, 1.82) is 0 Å². The van der Waals surface area contributed by atoms with Crippen LogP contribution >= 0.6 is 11.6 Å². The van der Waals surface area contributed by atoms with Gasteiger partial charge in [-0.05, 0) is 124 Å². The van der Waals surface area contributed by atoms with Crippen molar-refractivity contribution >= 4 is 46.3 Å². The van der Waals surface area contributed by atoms with Gasteiger partial charge in [-0.25, -0.2) is 13.1 Å². The summed E-state index contributed by atoms with van der Waals surface area (Å²) in [5.74, 6) is -0.0319. The van der Waals surface area contributed by atoms with Crippen LogP contribution in [0.25, 0.3) is 0 Å². The number of amides is 1. The zero-order valence-electron chi connectivity index (χ0n) is 40.9. The number of fused-ring (bicyclic) bond motifs is 5. The minimum Gasteiger partial charge on any atom is -0.490 e. The molecule has 13 nitrogen and oxygen atoms in total. The molecule has 16 heteroatoms. The molecule has 2 N–H and O–H groups in total. The molecule has 0 aromatic heterocycles. The van der Waals surface area contributed by atoms with Crippen molar-refractivity contribution in [3.05, 3.63) is 70.3 Å². The Hall–Kier alpha value is -3.02. The molecule has 6 atom stereocenters. The third kappa shape index (κ3) is 14.8. The van der Waals surface area contributed by atoms with Crippen molar-refractivity contribution in [2.45, 2.75) is 128 Å². The lowest BCUT2D eigenvalue weighted by molar-refractivity contribution is -0.122. The fourth-order valence-electron chi connectivity index (χ4n) is 9.78. The molecule has 372 valence electrons. The molecule has 4 heterocycles. The highest BCUT2D eigenvalue weighted by molar-refractivity contribution is 7.90. The largest absolute Gasteiger partial charge is 0.639 e. The second-order valence-corrected chi connectivity index (χ2v) is 21.8. The van der Waals surface area contributed by atoms with E-state index in [0.29, 0.717) is 37.9 Å². The average molecular weight is 970 g/mol. The van der Waals surface area contributed by atoms with E-state index in [1.165, 1.54) is 17.7 Å². The molecule has 2 aromatic carbocycles. The van der Waals surface area contributed by atoms with Crippen LogP contribution in [0, 0.1) is 17.8 Å². The van der Waals surface area contributed by atoms with Crippen LogP contribution in [0.5, 0.6) is 5.75 Å². The van der Waals surface area contributed by atoms with Crippen LogP contribution < -0.4 is 19.7 Å². The van der Waals surface area contributed by atoms with Gasteiger partial charge in [-0.2, -0.15) is 0 Å². The Balaban J connectivity index is 0.000000232. The Labute approximate surface area is 407 Å². The van der Waals surface area contributed by atoms with Crippen molar-refractivity contribution in [2.75, 3.05) is 83.8 Å². The highest BCUT2D eigenvalue weighted by atomic mass is 35.5. The van der Waals surface area contributed by atoms with E-state index in [9.17, 15) is 18.0 Å². The van der Waals surface area contributed by atoms with E-state index in [1.54, 1.807) is 37.3 Å². The van der Waals surface area contributed by atoms with Crippen molar-refractivity contribution in [1.82, 2.24) is 14.9 Å². The minimum absolute atomic E-state index is 0.0666. The summed E-state index contributed by atoms with van der Waals surface area (Å²) in [6.07, 6.45) is 15.2. The summed E-state index contributed by atoms with van der Waals surface area (Å²) in [7, 11) is -4.39. The van der Waals surface area contributed by atoms with Crippen molar-refractivity contribution in [3.8, 4) is 5.75 Å². The summed E-state index contributed by atoms with van der Waals surface area (Å²) >= 11 is 6.37. The van der Waals surface area contributed by atoms with Gasteiger partial charge in [-0.1, -0.05) is 70.7 Å². The molecule has 8 rings (SSSR count). The first-order valence-corrected chi connectivity index (χ1v) is 27.2. The summed E-state index contributed by atoms with van der Waals surface area (Å²) in [6.45, 7) is 20.3. The molecule has 1 saturated carbocycles. The van der Waals surface area contributed by atoms with Gasteiger partial charge in [0.05, 0.1) is 30.8 Å². The van der Waals surface area contributed by atoms with Gasteiger partial charge in [0.1, 0.15) is 5.75 Å². The van der Waals surface area contributed by atoms with E-state index in [-0.39, 0.29) is 34.5 Å². The number of allylic oxidation sites excluding steroid dienone is 2. The number of rotatable bonds is 12. The quantitative estimate of drug-likeness (QED) is 0.156. The first kappa shape index (κ1) is 53.3. The summed E-state index contributed by atoms with van der Waals surface area (Å²) in [5, 5.41) is 3.28. The lowest BCUT2D eigenvalue weighted by atomic mass is 9.68. The molecule has 1 spiro atoms. The van der Waals surface area contributed by atoms with Crippen LogP contribution in [0.4, 0.5) is 5.69 Å². The number of piperazine rings is 1. The zero-order valence-corrected chi connectivity index (χ0v) is 42.5. The van der Waals surface area contributed by atoms with Gasteiger partial charge in [0.2, 0.25) is 10.0 Å². The predicted octanol–water partition coefficient (Wildman–Crippen LogP) is 8.16. The molecule has 3 fully saturated rings. The van der Waals surface area contributed by atoms with Gasteiger partial charge < -0.3 is 33.7 Å². The molecule has 2 aliphatic carbocycles. The molecule has 0 radical (unpaired) electrons. The number of halogens is 1. The molecule has 2 bridgehead atoms. The molecule has 2 aromatic rings. The van der Waals surface area contributed by atoms with Gasteiger partial charge in [-0.3, -0.25) is 14.5 Å². The third-order valence-electron chi connectivity index (χ3n) is 14.4. The Kier molecular flexibility index (Phi) is 20.9. The first-order chi connectivity index (χ1) is 32.4. The number of carbonyl (C=O) groups excluding carboxylic acids is 2. The van der Waals surface area contributed by atoms with Crippen LogP contribution in [0.2, 0.25) is 5.02 Å². The Morgan fingerprint density at radius 1 is 0.940 bits per heavy atom. The zero-order chi connectivity index (χ0) is 47.8. The summed E-state index contributed by atoms with van der Waals surface area (Å²) < 4.78 is 57.0.